The number of nitrogens with one attached hydrogen (secondary N) is 2. The molecule has 0 radical (unpaired) electrons. The summed E-state index contributed by atoms with van der Waals surface area (Å²) in [5, 5.41) is 7.04. The van der Waals surface area contributed by atoms with Crippen molar-refractivity contribution in [3.05, 3.63) is 102 Å². The zero-order valence-electron chi connectivity index (χ0n) is 14.9. The number of anilines is 1. The largest absolute Gasteiger partial charge is 0.465 e. The number of hydrogen-bond donors (Lipinski definition) is 2. The Morgan fingerprint density at radius 2 is 1.37 bits per heavy atom. The van der Waals surface area contributed by atoms with E-state index >= 15 is 0 Å². The summed E-state index contributed by atoms with van der Waals surface area (Å²) in [6.45, 7) is 0. The van der Waals surface area contributed by atoms with Crippen molar-refractivity contribution in [3.8, 4) is 0 Å². The Hall–Kier alpha value is -3.18. The summed E-state index contributed by atoms with van der Waals surface area (Å²) in [4.78, 5) is 11.5. The van der Waals surface area contributed by atoms with Gasteiger partial charge in [0.2, 0.25) is 0 Å². The van der Waals surface area contributed by atoms with Crippen molar-refractivity contribution in [1.29, 1.82) is 0 Å². The van der Waals surface area contributed by atoms with E-state index in [0.29, 0.717) is 10.7 Å². The summed E-state index contributed by atoms with van der Waals surface area (Å²) >= 11 is 5.51. The van der Waals surface area contributed by atoms with E-state index in [2.05, 4.69) is 34.9 Å². The highest BCUT2D eigenvalue weighted by Gasteiger charge is 2.15. The van der Waals surface area contributed by atoms with Gasteiger partial charge >= 0.3 is 5.97 Å². The molecule has 0 fully saturated rings. The van der Waals surface area contributed by atoms with Crippen LogP contribution in [0.25, 0.3) is 0 Å². The number of methoxy groups -OCH3 is 1. The molecule has 0 aliphatic carbocycles. The van der Waals surface area contributed by atoms with Gasteiger partial charge in [-0.1, -0.05) is 60.7 Å². The Morgan fingerprint density at radius 1 is 0.852 bits per heavy atom. The van der Waals surface area contributed by atoms with E-state index in [1.807, 2.05) is 36.4 Å². The minimum absolute atomic E-state index is 0.0678. The number of carbonyl (C=O) groups excluding carboxylic acids is 1. The number of benzene rings is 3. The molecule has 0 atom stereocenters. The minimum atomic E-state index is -0.365. The van der Waals surface area contributed by atoms with Crippen molar-refractivity contribution in [2.24, 2.45) is 0 Å². The van der Waals surface area contributed by atoms with Crippen LogP contribution in [-0.2, 0) is 4.74 Å². The quantitative estimate of drug-likeness (QED) is 0.505. The van der Waals surface area contributed by atoms with Crippen LogP contribution in [0.15, 0.2) is 84.9 Å². The third-order valence-corrected chi connectivity index (χ3v) is 4.33. The molecule has 27 heavy (non-hydrogen) atoms. The fraction of sp³-hybridized carbons (Fsp3) is 0.0909. The number of thiocarbonyl (C=S) groups is 1. The summed E-state index contributed by atoms with van der Waals surface area (Å²) in [7, 11) is 1.36. The van der Waals surface area contributed by atoms with Gasteiger partial charge in [0.1, 0.15) is 0 Å². The molecule has 0 heterocycles. The van der Waals surface area contributed by atoms with Crippen LogP contribution >= 0.6 is 12.2 Å². The molecule has 0 aliphatic heterocycles. The fourth-order valence-electron chi connectivity index (χ4n) is 2.76. The Kier molecular flexibility index (Phi) is 6.18. The smallest absolute Gasteiger partial charge is 0.337 e. The Morgan fingerprint density at radius 3 is 1.85 bits per heavy atom. The van der Waals surface area contributed by atoms with E-state index in [1.54, 1.807) is 24.3 Å². The third kappa shape index (κ3) is 4.92. The zero-order valence-corrected chi connectivity index (χ0v) is 15.7. The van der Waals surface area contributed by atoms with Gasteiger partial charge in [-0.2, -0.15) is 0 Å². The summed E-state index contributed by atoms with van der Waals surface area (Å²) in [5.41, 5.74) is 3.52. The molecule has 136 valence electrons. The zero-order chi connectivity index (χ0) is 19.1. The lowest BCUT2D eigenvalue weighted by Crippen LogP contribution is -2.33. The molecule has 0 unspecified atom stereocenters. The van der Waals surface area contributed by atoms with Gasteiger partial charge in [0.15, 0.2) is 5.11 Å². The highest BCUT2D eigenvalue weighted by atomic mass is 32.1. The van der Waals surface area contributed by atoms with Crippen LogP contribution in [0.2, 0.25) is 0 Å². The molecule has 0 saturated carbocycles. The maximum Gasteiger partial charge on any atom is 0.337 e. The van der Waals surface area contributed by atoms with Gasteiger partial charge in [0.25, 0.3) is 0 Å². The predicted octanol–water partition coefficient (Wildman–Crippen LogP) is 4.55. The van der Waals surface area contributed by atoms with Crippen LogP contribution in [0.1, 0.15) is 27.5 Å². The predicted molar refractivity (Wildman–Crippen MR) is 112 cm³/mol. The lowest BCUT2D eigenvalue weighted by atomic mass is 9.99. The number of hydrogen-bond acceptors (Lipinski definition) is 3. The van der Waals surface area contributed by atoms with E-state index in [4.69, 9.17) is 17.0 Å². The van der Waals surface area contributed by atoms with E-state index in [0.717, 1.165) is 16.8 Å². The Balaban J connectivity index is 1.74. The van der Waals surface area contributed by atoms with Crippen LogP contribution in [0.5, 0.6) is 0 Å². The number of rotatable bonds is 5. The Labute approximate surface area is 164 Å². The number of carbonyl (C=O) groups is 1. The minimum Gasteiger partial charge on any atom is -0.465 e. The van der Waals surface area contributed by atoms with Gasteiger partial charge in [0, 0.05) is 5.69 Å². The van der Waals surface area contributed by atoms with Crippen molar-refractivity contribution in [1.82, 2.24) is 5.32 Å². The maximum absolute atomic E-state index is 11.5. The molecule has 5 heteroatoms. The number of ether oxygens (including phenoxy) is 1. The van der Waals surface area contributed by atoms with Gasteiger partial charge in [-0.3, -0.25) is 0 Å². The third-order valence-electron chi connectivity index (χ3n) is 4.11. The van der Waals surface area contributed by atoms with Crippen LogP contribution in [0, 0.1) is 0 Å². The first-order chi connectivity index (χ1) is 13.2. The van der Waals surface area contributed by atoms with Crippen molar-refractivity contribution < 1.29 is 9.53 Å². The number of esters is 1. The van der Waals surface area contributed by atoms with Gasteiger partial charge in [-0.15, -0.1) is 0 Å². The molecule has 0 bridgehead atoms. The molecule has 3 rings (SSSR count). The first kappa shape index (κ1) is 18.6. The van der Waals surface area contributed by atoms with Gasteiger partial charge in [-0.05, 0) is 47.6 Å². The molecular weight excluding hydrogens is 356 g/mol. The second kappa shape index (κ2) is 8.96. The topological polar surface area (TPSA) is 50.4 Å². The van der Waals surface area contributed by atoms with Crippen molar-refractivity contribution >= 4 is 29.0 Å². The molecule has 0 spiro atoms. The average Bonchev–Trinajstić information content (AvgIpc) is 2.73. The molecule has 2 N–H and O–H groups in total. The van der Waals surface area contributed by atoms with E-state index < -0.39 is 0 Å². The molecule has 0 aliphatic rings. The standard InChI is InChI=1S/C22H20N2O2S/c1-26-21(25)18-12-14-19(15-13-18)23-22(27)24-20(16-8-4-2-5-9-16)17-10-6-3-7-11-17/h2-15,20H,1H3,(H2,23,24,27). The van der Waals surface area contributed by atoms with E-state index in [1.165, 1.54) is 7.11 Å². The van der Waals surface area contributed by atoms with Crippen molar-refractivity contribution in [3.63, 3.8) is 0 Å². The molecule has 0 aromatic heterocycles. The van der Waals surface area contributed by atoms with Gasteiger partial charge in [0.05, 0.1) is 18.7 Å². The van der Waals surface area contributed by atoms with Crippen molar-refractivity contribution in [2.75, 3.05) is 12.4 Å². The first-order valence-corrected chi connectivity index (χ1v) is 8.94. The summed E-state index contributed by atoms with van der Waals surface area (Å²) in [6, 6.07) is 27.2. The van der Waals surface area contributed by atoms with E-state index in [9.17, 15) is 4.79 Å². The molecule has 4 nitrogen and oxygen atoms in total. The second-order valence-corrected chi connectivity index (χ2v) is 6.33. The first-order valence-electron chi connectivity index (χ1n) is 8.53. The maximum atomic E-state index is 11.5. The normalized spacial score (nSPS) is 10.3. The summed E-state index contributed by atoms with van der Waals surface area (Å²) in [6.07, 6.45) is 0. The highest BCUT2D eigenvalue weighted by molar-refractivity contribution is 7.80. The SMILES string of the molecule is COC(=O)c1ccc(NC(=S)NC(c2ccccc2)c2ccccc2)cc1. The van der Waals surface area contributed by atoms with E-state index in [-0.39, 0.29) is 12.0 Å². The van der Waals surface area contributed by atoms with Gasteiger partial charge < -0.3 is 15.4 Å². The lowest BCUT2D eigenvalue weighted by Gasteiger charge is -2.22. The van der Waals surface area contributed by atoms with Crippen LogP contribution in [0.4, 0.5) is 5.69 Å². The van der Waals surface area contributed by atoms with Gasteiger partial charge in [-0.25, -0.2) is 4.79 Å². The monoisotopic (exact) mass is 376 g/mol. The van der Waals surface area contributed by atoms with Crippen LogP contribution < -0.4 is 10.6 Å². The second-order valence-electron chi connectivity index (χ2n) is 5.92. The van der Waals surface area contributed by atoms with Crippen LogP contribution in [0.3, 0.4) is 0 Å². The van der Waals surface area contributed by atoms with Crippen molar-refractivity contribution in [2.45, 2.75) is 6.04 Å². The lowest BCUT2D eigenvalue weighted by molar-refractivity contribution is 0.0601. The summed E-state index contributed by atoms with van der Waals surface area (Å²) < 4.78 is 4.71. The molecule has 3 aromatic rings. The molecule has 0 saturated heterocycles. The molecule has 0 amide bonds. The Bertz CT molecular complexity index is 857. The summed E-state index contributed by atoms with van der Waals surface area (Å²) in [5.74, 6) is -0.365. The fourth-order valence-corrected chi connectivity index (χ4v) is 2.99. The highest BCUT2D eigenvalue weighted by Crippen LogP contribution is 2.22. The molecular formula is C22H20N2O2S. The van der Waals surface area contributed by atoms with Crippen LogP contribution in [-0.4, -0.2) is 18.2 Å². The molecule has 3 aromatic carbocycles. The average molecular weight is 376 g/mol.